The van der Waals surface area contributed by atoms with Crippen molar-refractivity contribution in [3.05, 3.63) is 34.2 Å². The molecule has 90 valence electrons. The molecular weight excluding hydrogens is 248 g/mol. The van der Waals surface area contributed by atoms with E-state index in [4.69, 9.17) is 5.73 Å². The third kappa shape index (κ3) is 2.70. The molecule has 4 heteroatoms. The zero-order valence-electron chi connectivity index (χ0n) is 10.2. The first-order chi connectivity index (χ1) is 8.11. The van der Waals surface area contributed by atoms with Gasteiger partial charge < -0.3 is 5.73 Å². The molecule has 0 aliphatic heterocycles. The molecule has 1 heterocycles. The lowest BCUT2D eigenvalue weighted by Crippen LogP contribution is -2.03. The Bertz CT molecular complexity index is 501. The average Bonchev–Trinajstić information content (AvgIpc) is 2.72. The zero-order valence-corrected chi connectivity index (χ0v) is 11.9. The first-order valence-corrected chi connectivity index (χ1v) is 7.53. The van der Waals surface area contributed by atoms with Gasteiger partial charge in [0.2, 0.25) is 0 Å². The van der Waals surface area contributed by atoms with Crippen LogP contribution in [0.2, 0.25) is 0 Å². The van der Waals surface area contributed by atoms with Crippen LogP contribution in [0.15, 0.2) is 29.2 Å². The Morgan fingerprint density at radius 1 is 1.29 bits per heavy atom. The van der Waals surface area contributed by atoms with Crippen LogP contribution in [0.25, 0.3) is 11.3 Å². The maximum atomic E-state index is 5.86. The largest absolute Gasteiger partial charge is 0.322 e. The van der Waals surface area contributed by atoms with Gasteiger partial charge in [-0.1, -0.05) is 12.1 Å². The average molecular weight is 264 g/mol. The molecule has 1 aromatic carbocycles. The number of nitrogens with two attached hydrogens (primary N) is 1. The van der Waals surface area contributed by atoms with E-state index in [1.54, 1.807) is 23.1 Å². The SMILES string of the molecule is CSc1ccc(-c2nc(C(C)N)sc2C)cc1. The van der Waals surface area contributed by atoms with Crippen LogP contribution in [0, 0.1) is 6.92 Å². The monoisotopic (exact) mass is 264 g/mol. The molecule has 1 unspecified atom stereocenters. The summed E-state index contributed by atoms with van der Waals surface area (Å²) in [5, 5.41) is 1.01. The first-order valence-electron chi connectivity index (χ1n) is 5.49. The topological polar surface area (TPSA) is 38.9 Å². The molecule has 2 rings (SSSR count). The van der Waals surface area contributed by atoms with E-state index in [-0.39, 0.29) is 6.04 Å². The third-order valence-corrected chi connectivity index (χ3v) is 4.48. The number of thiazole rings is 1. The highest BCUT2D eigenvalue weighted by Gasteiger charge is 2.12. The molecule has 0 radical (unpaired) electrons. The molecule has 0 saturated heterocycles. The van der Waals surface area contributed by atoms with Gasteiger partial charge in [0, 0.05) is 15.3 Å². The van der Waals surface area contributed by atoms with Crippen molar-refractivity contribution in [3.8, 4) is 11.3 Å². The maximum Gasteiger partial charge on any atom is 0.110 e. The normalized spacial score (nSPS) is 12.7. The molecule has 0 saturated carbocycles. The van der Waals surface area contributed by atoms with Crippen LogP contribution in [0.3, 0.4) is 0 Å². The Balaban J connectivity index is 2.38. The predicted molar refractivity (Wildman–Crippen MR) is 76.7 cm³/mol. The van der Waals surface area contributed by atoms with E-state index in [0.717, 1.165) is 10.7 Å². The van der Waals surface area contributed by atoms with Gasteiger partial charge in [0.05, 0.1) is 11.7 Å². The molecule has 0 aliphatic carbocycles. The second-order valence-electron chi connectivity index (χ2n) is 3.97. The van der Waals surface area contributed by atoms with Crippen LogP contribution in [-0.4, -0.2) is 11.2 Å². The number of thioether (sulfide) groups is 1. The number of hydrogen-bond donors (Lipinski definition) is 1. The maximum absolute atomic E-state index is 5.86. The molecule has 2 nitrogen and oxygen atoms in total. The molecule has 2 aromatic rings. The van der Waals surface area contributed by atoms with Crippen molar-refractivity contribution in [1.82, 2.24) is 4.98 Å². The third-order valence-electron chi connectivity index (χ3n) is 2.57. The summed E-state index contributed by atoms with van der Waals surface area (Å²) >= 11 is 3.44. The highest BCUT2D eigenvalue weighted by Crippen LogP contribution is 2.30. The van der Waals surface area contributed by atoms with Crippen LogP contribution in [0.5, 0.6) is 0 Å². The molecule has 1 atom stereocenters. The molecule has 1 aromatic heterocycles. The van der Waals surface area contributed by atoms with E-state index in [2.05, 4.69) is 42.4 Å². The summed E-state index contributed by atoms with van der Waals surface area (Å²) in [4.78, 5) is 7.12. The number of rotatable bonds is 3. The number of hydrogen-bond acceptors (Lipinski definition) is 4. The Hall–Kier alpha value is -0.840. The fourth-order valence-corrected chi connectivity index (χ4v) is 2.93. The highest BCUT2D eigenvalue weighted by atomic mass is 32.2. The van der Waals surface area contributed by atoms with Crippen molar-refractivity contribution < 1.29 is 0 Å². The lowest BCUT2D eigenvalue weighted by Gasteiger charge is -2.01. The van der Waals surface area contributed by atoms with Gasteiger partial charge in [-0.15, -0.1) is 23.1 Å². The molecule has 2 N–H and O–H groups in total. The van der Waals surface area contributed by atoms with E-state index >= 15 is 0 Å². The van der Waals surface area contributed by atoms with Crippen molar-refractivity contribution in [2.75, 3.05) is 6.26 Å². The van der Waals surface area contributed by atoms with E-state index in [1.165, 1.54) is 15.3 Å². The van der Waals surface area contributed by atoms with Gasteiger partial charge >= 0.3 is 0 Å². The predicted octanol–water partition coefficient (Wildman–Crippen LogP) is 3.86. The van der Waals surface area contributed by atoms with Crippen molar-refractivity contribution in [1.29, 1.82) is 0 Å². The summed E-state index contributed by atoms with van der Waals surface area (Å²) in [5.41, 5.74) is 8.10. The van der Waals surface area contributed by atoms with Crippen LogP contribution in [-0.2, 0) is 0 Å². The Morgan fingerprint density at radius 3 is 2.41 bits per heavy atom. The van der Waals surface area contributed by atoms with Crippen LogP contribution < -0.4 is 5.73 Å². The van der Waals surface area contributed by atoms with Gasteiger partial charge in [-0.2, -0.15) is 0 Å². The Labute approximate surface area is 110 Å². The van der Waals surface area contributed by atoms with Gasteiger partial charge in [0.15, 0.2) is 0 Å². The quantitative estimate of drug-likeness (QED) is 0.856. The minimum Gasteiger partial charge on any atom is -0.322 e. The smallest absolute Gasteiger partial charge is 0.110 e. The summed E-state index contributed by atoms with van der Waals surface area (Å²) in [6.07, 6.45) is 2.08. The van der Waals surface area contributed by atoms with E-state index in [9.17, 15) is 0 Å². The van der Waals surface area contributed by atoms with Gasteiger partial charge in [-0.25, -0.2) is 4.98 Å². The molecule has 17 heavy (non-hydrogen) atoms. The number of benzene rings is 1. The summed E-state index contributed by atoms with van der Waals surface area (Å²) < 4.78 is 0. The van der Waals surface area contributed by atoms with Crippen molar-refractivity contribution in [3.63, 3.8) is 0 Å². The van der Waals surface area contributed by atoms with Gasteiger partial charge in [0.1, 0.15) is 5.01 Å². The molecular formula is C13H16N2S2. The summed E-state index contributed by atoms with van der Waals surface area (Å²) in [6, 6.07) is 8.52. The Morgan fingerprint density at radius 2 is 1.94 bits per heavy atom. The van der Waals surface area contributed by atoms with E-state index < -0.39 is 0 Å². The standard InChI is InChI=1S/C13H16N2S2/c1-8(14)13-15-12(9(2)17-13)10-4-6-11(16-3)7-5-10/h4-8H,14H2,1-3H3. The minimum atomic E-state index is 0.0120. The summed E-state index contributed by atoms with van der Waals surface area (Å²) in [6.45, 7) is 4.07. The molecule has 0 fully saturated rings. The molecule has 0 amide bonds. The Kier molecular flexibility index (Phi) is 3.86. The molecule has 0 aliphatic rings. The van der Waals surface area contributed by atoms with Crippen LogP contribution in [0.4, 0.5) is 0 Å². The fraction of sp³-hybridized carbons (Fsp3) is 0.308. The molecule has 0 bridgehead atoms. The van der Waals surface area contributed by atoms with Crippen molar-refractivity contribution in [2.24, 2.45) is 5.73 Å². The van der Waals surface area contributed by atoms with Gasteiger partial charge in [-0.3, -0.25) is 0 Å². The molecule has 0 spiro atoms. The summed E-state index contributed by atoms with van der Waals surface area (Å²) in [5.74, 6) is 0. The number of aryl methyl sites for hydroxylation is 1. The number of nitrogens with zero attached hydrogens (tertiary/aromatic N) is 1. The first kappa shape index (κ1) is 12.6. The summed E-state index contributed by atoms with van der Waals surface area (Å²) in [7, 11) is 0. The minimum absolute atomic E-state index is 0.0120. The van der Waals surface area contributed by atoms with E-state index in [0.29, 0.717) is 0 Å². The lowest BCUT2D eigenvalue weighted by molar-refractivity contribution is 0.808. The van der Waals surface area contributed by atoms with Crippen LogP contribution >= 0.6 is 23.1 Å². The van der Waals surface area contributed by atoms with Gasteiger partial charge in [-0.05, 0) is 32.2 Å². The van der Waals surface area contributed by atoms with Crippen molar-refractivity contribution >= 4 is 23.1 Å². The number of aromatic nitrogens is 1. The second kappa shape index (κ2) is 5.21. The highest BCUT2D eigenvalue weighted by molar-refractivity contribution is 7.98. The van der Waals surface area contributed by atoms with Gasteiger partial charge in [0.25, 0.3) is 0 Å². The van der Waals surface area contributed by atoms with E-state index in [1.807, 2.05) is 6.92 Å². The fourth-order valence-electron chi connectivity index (χ4n) is 1.63. The lowest BCUT2D eigenvalue weighted by atomic mass is 10.1. The van der Waals surface area contributed by atoms with Crippen molar-refractivity contribution in [2.45, 2.75) is 24.8 Å². The van der Waals surface area contributed by atoms with Crippen LogP contribution in [0.1, 0.15) is 22.9 Å². The zero-order chi connectivity index (χ0) is 12.4. The second-order valence-corrected chi connectivity index (χ2v) is 6.09.